The van der Waals surface area contributed by atoms with E-state index in [0.29, 0.717) is 18.3 Å². The number of hydrogen-bond acceptors (Lipinski definition) is 5. The quantitative estimate of drug-likeness (QED) is 0.626. The minimum absolute atomic E-state index is 0.162. The molecule has 1 aromatic rings. The average molecular weight is 347 g/mol. The monoisotopic (exact) mass is 347 g/mol. The maximum Gasteiger partial charge on any atom is 0.243 e. The molecule has 0 spiro atoms. The second-order valence-electron chi connectivity index (χ2n) is 5.85. The highest BCUT2D eigenvalue weighted by atomic mass is 32.2. The molecule has 0 unspecified atom stereocenters. The smallest absolute Gasteiger partial charge is 0.243 e. The first-order valence-corrected chi connectivity index (χ1v) is 9.02. The molecular formula is C15H26FN3O3S. The number of halogens is 1. The van der Waals surface area contributed by atoms with Crippen LogP contribution in [-0.4, -0.2) is 57.3 Å². The van der Waals surface area contributed by atoms with E-state index in [4.69, 9.17) is 5.11 Å². The van der Waals surface area contributed by atoms with Crippen molar-refractivity contribution in [1.82, 2.24) is 9.62 Å². The van der Waals surface area contributed by atoms with Gasteiger partial charge in [-0.3, -0.25) is 0 Å². The molecule has 0 heterocycles. The van der Waals surface area contributed by atoms with Crippen LogP contribution in [0.2, 0.25) is 0 Å². The van der Waals surface area contributed by atoms with E-state index in [9.17, 15) is 12.8 Å². The summed E-state index contributed by atoms with van der Waals surface area (Å²) in [6.07, 6.45) is 0. The van der Waals surface area contributed by atoms with Crippen LogP contribution in [0.3, 0.4) is 0 Å². The first-order valence-electron chi connectivity index (χ1n) is 7.54. The van der Waals surface area contributed by atoms with Crippen molar-refractivity contribution >= 4 is 15.7 Å². The molecule has 0 aromatic heterocycles. The molecule has 1 aromatic carbocycles. The molecule has 0 fully saturated rings. The van der Waals surface area contributed by atoms with Gasteiger partial charge in [-0.05, 0) is 46.0 Å². The number of aliphatic hydroxyl groups excluding tert-OH is 1. The minimum Gasteiger partial charge on any atom is -0.395 e. The van der Waals surface area contributed by atoms with Crippen LogP contribution in [0.1, 0.15) is 20.8 Å². The summed E-state index contributed by atoms with van der Waals surface area (Å²) in [6, 6.07) is 3.32. The summed E-state index contributed by atoms with van der Waals surface area (Å²) in [4.78, 5) is 1.95. The van der Waals surface area contributed by atoms with Crippen molar-refractivity contribution in [3.63, 3.8) is 0 Å². The zero-order valence-electron chi connectivity index (χ0n) is 14.0. The van der Waals surface area contributed by atoms with Gasteiger partial charge in [0.05, 0.1) is 12.3 Å². The highest BCUT2D eigenvalue weighted by Crippen LogP contribution is 2.22. The fourth-order valence-electron chi connectivity index (χ4n) is 1.86. The summed E-state index contributed by atoms with van der Waals surface area (Å²) in [6.45, 7) is 6.56. The van der Waals surface area contributed by atoms with E-state index >= 15 is 0 Å². The second kappa shape index (κ2) is 8.58. The van der Waals surface area contributed by atoms with Crippen molar-refractivity contribution in [3.8, 4) is 0 Å². The Balaban J connectivity index is 2.93. The van der Waals surface area contributed by atoms with Crippen molar-refractivity contribution in [2.24, 2.45) is 0 Å². The summed E-state index contributed by atoms with van der Waals surface area (Å²) >= 11 is 0. The predicted octanol–water partition coefficient (Wildman–Crippen LogP) is 1.24. The SMILES string of the molecule is CC(C)N(C)CCNc1ccc(F)cc1S(=O)(=O)N[C@@H](C)CO. The Hall–Kier alpha value is -1.22. The van der Waals surface area contributed by atoms with Gasteiger partial charge in [0.25, 0.3) is 0 Å². The first kappa shape index (κ1) is 19.8. The average Bonchev–Trinajstić information content (AvgIpc) is 2.47. The molecule has 0 saturated heterocycles. The number of benzene rings is 1. The van der Waals surface area contributed by atoms with Gasteiger partial charge in [0, 0.05) is 25.2 Å². The number of hydrogen-bond donors (Lipinski definition) is 3. The van der Waals surface area contributed by atoms with Crippen molar-refractivity contribution in [2.45, 2.75) is 37.8 Å². The summed E-state index contributed by atoms with van der Waals surface area (Å²) in [5.74, 6) is -0.633. The lowest BCUT2D eigenvalue weighted by Crippen LogP contribution is -2.35. The number of anilines is 1. The third-order valence-electron chi connectivity index (χ3n) is 3.52. The first-order chi connectivity index (χ1) is 10.7. The van der Waals surface area contributed by atoms with Gasteiger partial charge >= 0.3 is 0 Å². The Morgan fingerprint density at radius 2 is 1.96 bits per heavy atom. The van der Waals surface area contributed by atoms with Crippen molar-refractivity contribution < 1.29 is 17.9 Å². The van der Waals surface area contributed by atoms with Gasteiger partial charge in [0.1, 0.15) is 10.7 Å². The number of likely N-dealkylation sites (N-methyl/N-ethyl adjacent to an activating group) is 1. The molecule has 8 heteroatoms. The van der Waals surface area contributed by atoms with Gasteiger partial charge in [0.2, 0.25) is 10.0 Å². The van der Waals surface area contributed by atoms with E-state index in [1.165, 1.54) is 19.1 Å². The summed E-state index contributed by atoms with van der Waals surface area (Å²) in [5.41, 5.74) is 0.334. The van der Waals surface area contributed by atoms with Gasteiger partial charge in [-0.1, -0.05) is 0 Å². The van der Waals surface area contributed by atoms with E-state index in [2.05, 4.69) is 28.8 Å². The lowest BCUT2D eigenvalue weighted by molar-refractivity contribution is 0.265. The fraction of sp³-hybridized carbons (Fsp3) is 0.600. The molecule has 3 N–H and O–H groups in total. The Morgan fingerprint density at radius 1 is 1.30 bits per heavy atom. The van der Waals surface area contributed by atoms with Crippen LogP contribution in [-0.2, 0) is 10.0 Å². The van der Waals surface area contributed by atoms with Crippen LogP contribution in [0.25, 0.3) is 0 Å². The lowest BCUT2D eigenvalue weighted by atomic mass is 10.3. The fourth-order valence-corrected chi connectivity index (χ4v) is 3.28. The van der Waals surface area contributed by atoms with E-state index in [1.807, 2.05) is 7.05 Å². The molecule has 0 aliphatic rings. The van der Waals surface area contributed by atoms with Crippen molar-refractivity contribution in [3.05, 3.63) is 24.0 Å². The number of nitrogens with zero attached hydrogens (tertiary/aromatic N) is 1. The summed E-state index contributed by atoms with van der Waals surface area (Å²) in [7, 11) is -1.95. The molecule has 0 saturated carbocycles. The van der Waals surface area contributed by atoms with Gasteiger partial charge in [-0.2, -0.15) is 0 Å². The van der Waals surface area contributed by atoms with Gasteiger partial charge in [-0.15, -0.1) is 0 Å². The molecule has 6 nitrogen and oxygen atoms in total. The van der Waals surface area contributed by atoms with Crippen LogP contribution >= 0.6 is 0 Å². The largest absolute Gasteiger partial charge is 0.395 e. The van der Waals surface area contributed by atoms with E-state index in [0.717, 1.165) is 12.6 Å². The van der Waals surface area contributed by atoms with Gasteiger partial charge in [-0.25, -0.2) is 17.5 Å². The Morgan fingerprint density at radius 3 is 2.52 bits per heavy atom. The van der Waals surface area contributed by atoms with Crippen molar-refractivity contribution in [1.29, 1.82) is 0 Å². The maximum atomic E-state index is 13.5. The maximum absolute atomic E-state index is 13.5. The third kappa shape index (κ3) is 6.06. The molecule has 1 rings (SSSR count). The van der Waals surface area contributed by atoms with Crippen molar-refractivity contribution in [2.75, 3.05) is 32.1 Å². The Bertz CT molecular complexity index is 608. The van der Waals surface area contributed by atoms with Gasteiger partial charge < -0.3 is 15.3 Å². The molecule has 0 aliphatic heterocycles. The van der Waals surface area contributed by atoms with Crippen LogP contribution in [0.15, 0.2) is 23.1 Å². The van der Waals surface area contributed by atoms with E-state index < -0.39 is 21.9 Å². The van der Waals surface area contributed by atoms with Crippen LogP contribution in [0.5, 0.6) is 0 Å². The zero-order chi connectivity index (χ0) is 17.6. The number of nitrogens with one attached hydrogen (secondary N) is 2. The van der Waals surface area contributed by atoms with E-state index in [1.54, 1.807) is 0 Å². The second-order valence-corrected chi connectivity index (χ2v) is 7.53. The molecular weight excluding hydrogens is 321 g/mol. The van der Waals surface area contributed by atoms with Crippen LogP contribution in [0, 0.1) is 5.82 Å². The standard InChI is InChI=1S/C15H26FN3O3S/c1-11(2)19(4)8-7-17-14-6-5-13(16)9-15(14)23(21,22)18-12(3)10-20/h5-6,9,11-12,17-18,20H,7-8,10H2,1-4H3/t12-/m0/s1. The lowest BCUT2D eigenvalue weighted by Gasteiger charge is -2.22. The normalized spacial score (nSPS) is 13.6. The summed E-state index contributed by atoms with van der Waals surface area (Å²) < 4.78 is 40.5. The predicted molar refractivity (Wildman–Crippen MR) is 89.5 cm³/mol. The molecule has 0 amide bonds. The molecule has 0 bridgehead atoms. The topological polar surface area (TPSA) is 81.7 Å². The van der Waals surface area contributed by atoms with Crippen LogP contribution < -0.4 is 10.0 Å². The molecule has 23 heavy (non-hydrogen) atoms. The van der Waals surface area contributed by atoms with E-state index in [-0.39, 0.29) is 11.5 Å². The highest BCUT2D eigenvalue weighted by Gasteiger charge is 2.21. The number of rotatable bonds is 9. The molecule has 0 radical (unpaired) electrons. The van der Waals surface area contributed by atoms with Gasteiger partial charge in [0.15, 0.2) is 0 Å². The molecule has 132 valence electrons. The molecule has 1 atom stereocenters. The van der Waals surface area contributed by atoms with Crippen LogP contribution in [0.4, 0.5) is 10.1 Å². The Labute approximate surface area is 137 Å². The summed E-state index contributed by atoms with van der Waals surface area (Å²) in [5, 5.41) is 12.0. The Kier molecular flexibility index (Phi) is 7.40. The number of aliphatic hydroxyl groups is 1. The third-order valence-corrected chi connectivity index (χ3v) is 5.15. The minimum atomic E-state index is -3.92. The zero-order valence-corrected chi connectivity index (χ0v) is 14.8. The molecule has 0 aliphatic carbocycles. The number of sulfonamides is 1. The highest BCUT2D eigenvalue weighted by molar-refractivity contribution is 7.89.